The first-order chi connectivity index (χ1) is 9.81. The van der Waals surface area contributed by atoms with E-state index in [9.17, 15) is 0 Å². The number of hydrogen-bond acceptors (Lipinski definition) is 4. The first-order valence-corrected chi connectivity index (χ1v) is 7.18. The van der Waals surface area contributed by atoms with Crippen LogP contribution in [0.1, 0.15) is 31.1 Å². The van der Waals surface area contributed by atoms with Gasteiger partial charge in [0.2, 0.25) is 0 Å². The molecule has 0 spiro atoms. The van der Waals surface area contributed by atoms with Gasteiger partial charge in [0, 0.05) is 25.3 Å². The summed E-state index contributed by atoms with van der Waals surface area (Å²) in [5.41, 5.74) is 2.05. The quantitative estimate of drug-likeness (QED) is 0.692. The van der Waals surface area contributed by atoms with E-state index in [0.717, 1.165) is 55.5 Å². The Morgan fingerprint density at radius 1 is 1.35 bits per heavy atom. The van der Waals surface area contributed by atoms with Crippen LogP contribution in [-0.4, -0.2) is 30.0 Å². The Hall–Kier alpha value is -1.59. The molecule has 0 saturated heterocycles. The molecule has 0 amide bonds. The molecule has 20 heavy (non-hydrogen) atoms. The molecule has 5 heteroatoms. The molecule has 0 saturated carbocycles. The van der Waals surface area contributed by atoms with Crippen LogP contribution in [0.5, 0.6) is 0 Å². The molecule has 0 fully saturated rings. The van der Waals surface area contributed by atoms with Crippen molar-refractivity contribution < 1.29 is 9.15 Å². The van der Waals surface area contributed by atoms with Crippen molar-refractivity contribution in [2.24, 2.45) is 0 Å². The van der Waals surface area contributed by atoms with Crippen LogP contribution in [-0.2, 0) is 11.3 Å². The lowest BCUT2D eigenvalue weighted by Crippen LogP contribution is -2.19. The lowest BCUT2D eigenvalue weighted by molar-refractivity contribution is 0.133. The highest BCUT2D eigenvalue weighted by molar-refractivity contribution is 5.56. The van der Waals surface area contributed by atoms with E-state index in [1.54, 1.807) is 0 Å². The summed E-state index contributed by atoms with van der Waals surface area (Å²) in [5.74, 6) is 1.73. The SMILES string of the molecule is CCCCOCCNCc1cn[nH]c1-c1ccc(C)o1. The number of aryl methyl sites for hydroxylation is 1. The maximum absolute atomic E-state index is 5.62. The normalized spacial score (nSPS) is 11.1. The highest BCUT2D eigenvalue weighted by atomic mass is 16.5. The number of hydrogen-bond donors (Lipinski definition) is 2. The highest BCUT2D eigenvalue weighted by Crippen LogP contribution is 2.22. The number of ether oxygens (including phenoxy) is 1. The number of nitrogens with one attached hydrogen (secondary N) is 2. The van der Waals surface area contributed by atoms with Gasteiger partial charge in [-0.05, 0) is 25.5 Å². The van der Waals surface area contributed by atoms with Gasteiger partial charge in [0.25, 0.3) is 0 Å². The molecule has 0 unspecified atom stereocenters. The van der Waals surface area contributed by atoms with E-state index in [1.165, 1.54) is 6.42 Å². The molecule has 2 N–H and O–H groups in total. The summed E-state index contributed by atoms with van der Waals surface area (Å²) in [6, 6.07) is 3.91. The maximum atomic E-state index is 5.62. The Morgan fingerprint density at radius 2 is 2.25 bits per heavy atom. The average molecular weight is 277 g/mol. The lowest BCUT2D eigenvalue weighted by Gasteiger charge is -2.05. The van der Waals surface area contributed by atoms with E-state index in [-0.39, 0.29) is 0 Å². The molecule has 0 radical (unpaired) electrons. The van der Waals surface area contributed by atoms with Gasteiger partial charge < -0.3 is 14.5 Å². The molecule has 0 aliphatic carbocycles. The molecule has 5 nitrogen and oxygen atoms in total. The predicted octanol–water partition coefficient (Wildman–Crippen LogP) is 2.88. The lowest BCUT2D eigenvalue weighted by atomic mass is 10.2. The van der Waals surface area contributed by atoms with Gasteiger partial charge in [-0.15, -0.1) is 0 Å². The summed E-state index contributed by atoms with van der Waals surface area (Å²) >= 11 is 0. The van der Waals surface area contributed by atoms with E-state index >= 15 is 0 Å². The minimum atomic E-state index is 0.743. The van der Waals surface area contributed by atoms with Gasteiger partial charge in [-0.2, -0.15) is 5.10 Å². The predicted molar refractivity (Wildman–Crippen MR) is 78.5 cm³/mol. The van der Waals surface area contributed by atoms with E-state index in [2.05, 4.69) is 22.4 Å². The highest BCUT2D eigenvalue weighted by Gasteiger charge is 2.10. The Labute approximate surface area is 119 Å². The van der Waals surface area contributed by atoms with Crippen molar-refractivity contribution in [3.63, 3.8) is 0 Å². The van der Waals surface area contributed by atoms with E-state index in [1.807, 2.05) is 25.3 Å². The Bertz CT molecular complexity index is 505. The fraction of sp³-hybridized carbons (Fsp3) is 0.533. The molecule has 2 rings (SSSR count). The monoisotopic (exact) mass is 277 g/mol. The van der Waals surface area contributed by atoms with Gasteiger partial charge in [-0.1, -0.05) is 13.3 Å². The fourth-order valence-corrected chi connectivity index (χ4v) is 1.94. The van der Waals surface area contributed by atoms with Crippen LogP contribution >= 0.6 is 0 Å². The summed E-state index contributed by atoms with van der Waals surface area (Å²) < 4.78 is 11.1. The zero-order chi connectivity index (χ0) is 14.2. The largest absolute Gasteiger partial charge is 0.460 e. The van der Waals surface area contributed by atoms with Crippen molar-refractivity contribution in [3.8, 4) is 11.5 Å². The van der Waals surface area contributed by atoms with Crippen molar-refractivity contribution in [1.29, 1.82) is 0 Å². The molecule has 0 atom stereocenters. The smallest absolute Gasteiger partial charge is 0.152 e. The second-order valence-electron chi connectivity index (χ2n) is 4.82. The van der Waals surface area contributed by atoms with E-state index in [4.69, 9.17) is 9.15 Å². The Morgan fingerprint density at radius 3 is 3.00 bits per heavy atom. The summed E-state index contributed by atoms with van der Waals surface area (Å²) in [7, 11) is 0. The molecule has 0 bridgehead atoms. The average Bonchev–Trinajstić information content (AvgIpc) is 3.06. The minimum absolute atomic E-state index is 0.743. The number of rotatable bonds is 9. The number of aromatic nitrogens is 2. The van der Waals surface area contributed by atoms with Crippen LogP contribution in [0.2, 0.25) is 0 Å². The van der Waals surface area contributed by atoms with Crippen LogP contribution in [0.3, 0.4) is 0 Å². The van der Waals surface area contributed by atoms with Gasteiger partial charge in [0.1, 0.15) is 11.5 Å². The third kappa shape index (κ3) is 4.21. The van der Waals surface area contributed by atoms with Crippen molar-refractivity contribution in [2.45, 2.75) is 33.2 Å². The molecular formula is C15H23N3O2. The third-order valence-corrected chi connectivity index (χ3v) is 3.09. The first kappa shape index (κ1) is 14.8. The van der Waals surface area contributed by atoms with Crippen molar-refractivity contribution in [1.82, 2.24) is 15.5 Å². The molecule has 2 aromatic rings. The van der Waals surface area contributed by atoms with Gasteiger partial charge >= 0.3 is 0 Å². The molecule has 0 aliphatic rings. The number of furan rings is 1. The summed E-state index contributed by atoms with van der Waals surface area (Å²) in [6.07, 6.45) is 4.14. The fourth-order valence-electron chi connectivity index (χ4n) is 1.94. The van der Waals surface area contributed by atoms with Crippen molar-refractivity contribution in [3.05, 3.63) is 29.7 Å². The van der Waals surface area contributed by atoms with Crippen LogP contribution in [0, 0.1) is 6.92 Å². The van der Waals surface area contributed by atoms with Gasteiger partial charge in [-0.25, -0.2) is 0 Å². The number of nitrogens with zero attached hydrogens (tertiary/aromatic N) is 1. The number of unbranched alkanes of at least 4 members (excludes halogenated alkanes) is 1. The molecular weight excluding hydrogens is 254 g/mol. The summed E-state index contributed by atoms with van der Waals surface area (Å²) in [5, 5.41) is 10.4. The van der Waals surface area contributed by atoms with E-state index < -0.39 is 0 Å². The van der Waals surface area contributed by atoms with Crippen LogP contribution in [0.15, 0.2) is 22.7 Å². The Kier molecular flexibility index (Phi) is 5.83. The van der Waals surface area contributed by atoms with Crippen LogP contribution in [0.4, 0.5) is 0 Å². The number of H-pyrrole nitrogens is 1. The van der Waals surface area contributed by atoms with Crippen molar-refractivity contribution >= 4 is 0 Å². The minimum Gasteiger partial charge on any atom is -0.460 e. The third-order valence-electron chi connectivity index (χ3n) is 3.09. The molecule has 2 aromatic heterocycles. The zero-order valence-corrected chi connectivity index (χ0v) is 12.2. The van der Waals surface area contributed by atoms with Crippen LogP contribution < -0.4 is 5.32 Å². The van der Waals surface area contributed by atoms with Gasteiger partial charge in [0.15, 0.2) is 5.76 Å². The second kappa shape index (κ2) is 7.87. The summed E-state index contributed by atoms with van der Waals surface area (Å²) in [4.78, 5) is 0. The Balaban J connectivity index is 1.75. The molecule has 0 aromatic carbocycles. The topological polar surface area (TPSA) is 63.1 Å². The molecule has 2 heterocycles. The van der Waals surface area contributed by atoms with Gasteiger partial charge in [0.05, 0.1) is 12.8 Å². The summed E-state index contributed by atoms with van der Waals surface area (Å²) in [6.45, 7) is 7.28. The van der Waals surface area contributed by atoms with Crippen molar-refractivity contribution in [2.75, 3.05) is 19.8 Å². The molecule has 110 valence electrons. The van der Waals surface area contributed by atoms with Gasteiger partial charge in [-0.3, -0.25) is 5.10 Å². The standard InChI is InChI=1S/C15H23N3O2/c1-3-4-8-19-9-7-16-10-13-11-17-18-15(13)14-6-5-12(2)20-14/h5-6,11,16H,3-4,7-10H2,1-2H3,(H,17,18). The number of aromatic amines is 1. The molecule has 0 aliphatic heterocycles. The van der Waals surface area contributed by atoms with Crippen LogP contribution in [0.25, 0.3) is 11.5 Å². The zero-order valence-electron chi connectivity index (χ0n) is 12.2. The maximum Gasteiger partial charge on any atom is 0.152 e. The second-order valence-corrected chi connectivity index (χ2v) is 4.82. The first-order valence-electron chi connectivity index (χ1n) is 7.18. The van der Waals surface area contributed by atoms with E-state index in [0.29, 0.717) is 0 Å².